The molecule has 0 amide bonds. The van der Waals surface area contributed by atoms with Crippen molar-refractivity contribution < 1.29 is 9.53 Å². The number of aryl methyl sites for hydroxylation is 2. The lowest BCUT2D eigenvalue weighted by Crippen LogP contribution is -2.03. The van der Waals surface area contributed by atoms with E-state index < -0.39 is 0 Å². The predicted octanol–water partition coefficient (Wildman–Crippen LogP) is 4.62. The van der Waals surface area contributed by atoms with Crippen molar-refractivity contribution in [2.75, 3.05) is 17.7 Å². The van der Waals surface area contributed by atoms with E-state index in [0.717, 1.165) is 17.8 Å². The minimum Gasteiger partial charge on any atom is -0.465 e. The third-order valence-electron chi connectivity index (χ3n) is 4.24. The number of esters is 1. The summed E-state index contributed by atoms with van der Waals surface area (Å²) in [6, 6.07) is 15.1. The van der Waals surface area contributed by atoms with E-state index in [1.807, 2.05) is 6.07 Å². The highest BCUT2D eigenvalue weighted by Crippen LogP contribution is 2.25. The summed E-state index contributed by atoms with van der Waals surface area (Å²) in [6.45, 7) is 4.20. The molecule has 0 bridgehead atoms. The van der Waals surface area contributed by atoms with Crippen LogP contribution in [0.2, 0.25) is 0 Å². The Kier molecular flexibility index (Phi) is 5.66. The molecule has 0 radical (unpaired) electrons. The van der Waals surface area contributed by atoms with Crippen LogP contribution in [0.25, 0.3) is 0 Å². The molecule has 6 nitrogen and oxygen atoms in total. The van der Waals surface area contributed by atoms with Crippen molar-refractivity contribution >= 4 is 29.0 Å². The molecule has 0 spiro atoms. The fraction of sp³-hybridized carbons (Fsp3) is 0.190. The zero-order valence-corrected chi connectivity index (χ0v) is 15.6. The zero-order valence-electron chi connectivity index (χ0n) is 15.6. The van der Waals surface area contributed by atoms with Crippen LogP contribution in [0.5, 0.6) is 0 Å². The number of para-hydroxylation sites is 1. The lowest BCUT2D eigenvalue weighted by Gasteiger charge is -2.14. The first-order valence-corrected chi connectivity index (χ1v) is 8.73. The van der Waals surface area contributed by atoms with Crippen LogP contribution in [-0.2, 0) is 11.2 Å². The average molecular weight is 362 g/mol. The highest BCUT2D eigenvalue weighted by molar-refractivity contribution is 5.89. The monoisotopic (exact) mass is 362 g/mol. The van der Waals surface area contributed by atoms with Gasteiger partial charge in [0, 0.05) is 17.4 Å². The molecule has 3 rings (SSSR count). The molecular formula is C21H22N4O2. The third kappa shape index (κ3) is 4.41. The van der Waals surface area contributed by atoms with Gasteiger partial charge in [0.25, 0.3) is 0 Å². The van der Waals surface area contributed by atoms with Crippen LogP contribution in [0, 0.1) is 6.92 Å². The lowest BCUT2D eigenvalue weighted by atomic mass is 10.1. The Hall–Kier alpha value is -3.41. The predicted molar refractivity (Wildman–Crippen MR) is 107 cm³/mol. The number of anilines is 4. The lowest BCUT2D eigenvalue weighted by molar-refractivity contribution is 0.0601. The second-order valence-electron chi connectivity index (χ2n) is 6.07. The maximum atomic E-state index is 11.5. The molecule has 0 saturated carbocycles. The van der Waals surface area contributed by atoms with Crippen molar-refractivity contribution in [1.82, 2.24) is 9.97 Å². The van der Waals surface area contributed by atoms with Crippen LogP contribution >= 0.6 is 0 Å². The maximum Gasteiger partial charge on any atom is 0.337 e. The fourth-order valence-corrected chi connectivity index (χ4v) is 2.78. The zero-order chi connectivity index (χ0) is 19.2. The number of methoxy groups -OCH3 is 1. The van der Waals surface area contributed by atoms with E-state index in [-0.39, 0.29) is 5.97 Å². The Morgan fingerprint density at radius 1 is 1.04 bits per heavy atom. The summed E-state index contributed by atoms with van der Waals surface area (Å²) in [5.41, 5.74) is 4.80. The van der Waals surface area contributed by atoms with Crippen LogP contribution < -0.4 is 10.6 Å². The Morgan fingerprint density at radius 2 is 1.74 bits per heavy atom. The van der Waals surface area contributed by atoms with Gasteiger partial charge in [-0.05, 0) is 48.7 Å². The quantitative estimate of drug-likeness (QED) is 0.623. The van der Waals surface area contributed by atoms with Gasteiger partial charge in [0.05, 0.1) is 12.7 Å². The molecule has 0 saturated heterocycles. The van der Waals surface area contributed by atoms with Gasteiger partial charge in [0.15, 0.2) is 0 Å². The van der Waals surface area contributed by atoms with Crippen LogP contribution in [0.4, 0.5) is 23.0 Å². The number of hydrogen-bond donors (Lipinski definition) is 2. The molecule has 27 heavy (non-hydrogen) atoms. The molecule has 0 fully saturated rings. The molecule has 0 aliphatic carbocycles. The molecule has 0 atom stereocenters. The molecular weight excluding hydrogens is 340 g/mol. The van der Waals surface area contributed by atoms with Crippen LogP contribution in [0.1, 0.15) is 28.4 Å². The molecule has 1 heterocycles. The summed E-state index contributed by atoms with van der Waals surface area (Å²) in [4.78, 5) is 20.1. The number of benzene rings is 2. The SMILES string of the molecule is CCc1cccc(C)c1Nc1cc(Nc2ccc(C(=O)OC)cc2)ncn1. The van der Waals surface area contributed by atoms with E-state index in [9.17, 15) is 4.79 Å². The number of nitrogens with one attached hydrogen (secondary N) is 2. The first-order valence-electron chi connectivity index (χ1n) is 8.73. The van der Waals surface area contributed by atoms with Gasteiger partial charge < -0.3 is 15.4 Å². The van der Waals surface area contributed by atoms with Gasteiger partial charge in [0.2, 0.25) is 0 Å². The first-order chi connectivity index (χ1) is 13.1. The van der Waals surface area contributed by atoms with E-state index >= 15 is 0 Å². The van der Waals surface area contributed by atoms with Crippen molar-refractivity contribution in [1.29, 1.82) is 0 Å². The standard InChI is InChI=1S/C21H22N4O2/c1-4-15-7-5-6-14(2)20(15)25-19-12-18(22-13-23-19)24-17-10-8-16(9-11-17)21(26)27-3/h5-13H,4H2,1-3H3,(H2,22,23,24,25). The van der Waals surface area contributed by atoms with Crippen molar-refractivity contribution in [3.8, 4) is 0 Å². The number of ether oxygens (including phenoxy) is 1. The Bertz CT molecular complexity index is 939. The smallest absolute Gasteiger partial charge is 0.337 e. The fourth-order valence-electron chi connectivity index (χ4n) is 2.78. The summed E-state index contributed by atoms with van der Waals surface area (Å²) < 4.78 is 4.71. The molecule has 6 heteroatoms. The van der Waals surface area contributed by atoms with Gasteiger partial charge in [-0.25, -0.2) is 14.8 Å². The minimum atomic E-state index is -0.361. The molecule has 0 aliphatic heterocycles. The Balaban J connectivity index is 1.77. The number of rotatable bonds is 6. The number of hydrogen-bond acceptors (Lipinski definition) is 6. The summed E-state index contributed by atoms with van der Waals surface area (Å²) in [5.74, 6) is 1.01. The molecule has 3 aromatic rings. The maximum absolute atomic E-state index is 11.5. The summed E-state index contributed by atoms with van der Waals surface area (Å²) in [6.07, 6.45) is 2.45. The van der Waals surface area contributed by atoms with Crippen molar-refractivity contribution in [3.05, 3.63) is 71.5 Å². The Labute approximate surface area is 158 Å². The van der Waals surface area contributed by atoms with Gasteiger partial charge in [0.1, 0.15) is 18.0 Å². The molecule has 2 N–H and O–H groups in total. The van der Waals surface area contributed by atoms with Gasteiger partial charge in [-0.2, -0.15) is 0 Å². The Morgan fingerprint density at radius 3 is 2.41 bits per heavy atom. The van der Waals surface area contributed by atoms with Crippen molar-refractivity contribution in [3.63, 3.8) is 0 Å². The summed E-state index contributed by atoms with van der Waals surface area (Å²) in [5, 5.41) is 6.61. The molecule has 138 valence electrons. The highest BCUT2D eigenvalue weighted by atomic mass is 16.5. The number of aromatic nitrogens is 2. The topological polar surface area (TPSA) is 76.1 Å². The summed E-state index contributed by atoms with van der Waals surface area (Å²) >= 11 is 0. The largest absolute Gasteiger partial charge is 0.465 e. The van der Waals surface area contributed by atoms with Crippen molar-refractivity contribution in [2.24, 2.45) is 0 Å². The molecule has 0 aliphatic rings. The van der Waals surface area contributed by atoms with Gasteiger partial charge >= 0.3 is 5.97 Å². The van der Waals surface area contributed by atoms with E-state index in [0.29, 0.717) is 17.2 Å². The highest BCUT2D eigenvalue weighted by Gasteiger charge is 2.07. The van der Waals surface area contributed by atoms with Gasteiger partial charge in [-0.3, -0.25) is 0 Å². The van der Waals surface area contributed by atoms with Gasteiger partial charge in [-0.15, -0.1) is 0 Å². The average Bonchev–Trinajstić information content (AvgIpc) is 2.70. The molecule has 1 aromatic heterocycles. The van der Waals surface area contributed by atoms with E-state index in [1.54, 1.807) is 24.3 Å². The van der Waals surface area contributed by atoms with Crippen LogP contribution in [0.3, 0.4) is 0 Å². The number of nitrogens with zero attached hydrogens (tertiary/aromatic N) is 2. The normalized spacial score (nSPS) is 10.3. The van der Waals surface area contributed by atoms with Gasteiger partial charge in [-0.1, -0.05) is 25.1 Å². The van der Waals surface area contributed by atoms with Crippen LogP contribution in [-0.4, -0.2) is 23.0 Å². The van der Waals surface area contributed by atoms with E-state index in [1.165, 1.54) is 24.6 Å². The number of carbonyl (C=O) groups is 1. The van der Waals surface area contributed by atoms with Crippen molar-refractivity contribution in [2.45, 2.75) is 20.3 Å². The first kappa shape index (κ1) is 18.4. The second-order valence-corrected chi connectivity index (χ2v) is 6.07. The van der Waals surface area contributed by atoms with E-state index in [2.05, 4.69) is 52.6 Å². The van der Waals surface area contributed by atoms with Crippen LogP contribution in [0.15, 0.2) is 54.9 Å². The number of carbonyl (C=O) groups excluding carboxylic acids is 1. The minimum absolute atomic E-state index is 0.361. The molecule has 2 aromatic carbocycles. The molecule has 0 unspecified atom stereocenters. The summed E-state index contributed by atoms with van der Waals surface area (Å²) in [7, 11) is 1.36. The third-order valence-corrected chi connectivity index (χ3v) is 4.24. The van der Waals surface area contributed by atoms with E-state index in [4.69, 9.17) is 4.74 Å². The second kappa shape index (κ2) is 8.31.